The zero-order chi connectivity index (χ0) is 37.5. The lowest BCUT2D eigenvalue weighted by Crippen LogP contribution is -2.74. The summed E-state index contributed by atoms with van der Waals surface area (Å²) in [7, 11) is 1.28. The summed E-state index contributed by atoms with van der Waals surface area (Å²) in [5, 5.41) is 125. The minimum absolute atomic E-state index is 0.732. The molecule has 0 aromatic carbocycles. The van der Waals surface area contributed by atoms with Gasteiger partial charge in [0.2, 0.25) is 5.79 Å². The molecule has 20 atom stereocenters. The second-order valence-corrected chi connectivity index (χ2v) is 12.9. The molecule has 22 nitrogen and oxygen atoms in total. The molecule has 0 spiro atoms. The summed E-state index contributed by atoms with van der Waals surface area (Å²) >= 11 is 0. The van der Waals surface area contributed by atoms with E-state index in [1.165, 1.54) is 21.0 Å². The average Bonchev–Trinajstić information content (AvgIpc) is 3.08. The summed E-state index contributed by atoms with van der Waals surface area (Å²) in [6.45, 7) is 0.0433. The molecule has 22 heteroatoms. The number of hydrogen-bond donors (Lipinski definition) is 13. The van der Waals surface area contributed by atoms with Gasteiger partial charge in [0.25, 0.3) is 5.79 Å². The first-order chi connectivity index (χ1) is 23.4. The van der Waals surface area contributed by atoms with Crippen molar-refractivity contribution < 1.29 is 104 Å². The second-order valence-electron chi connectivity index (χ2n) is 12.9. The maximum atomic E-state index is 12.6. The predicted molar refractivity (Wildman–Crippen MR) is 155 cm³/mol. The molecule has 0 aromatic heterocycles. The lowest BCUT2D eigenvalue weighted by molar-refractivity contribution is -0.426. The standard InChI is InChI=1S/C28H49NO21/c1-8-19(20(12(6-31)46-23(8)43-3)48-24-17(38)16(37)14(35)9(2)44-24)47-25-18(39)21(15(36)11(5-30)45-25)49-27(26(40)41)4-10(33)22(29)28(42,50-27)13(34)7-32/h8-25,30-39,42H,4-7,29H2,1-3H3,(H,40,41)/t8-,9-,10+,11-,12?,13+,14+,15-,16?,17?,18?,19?,20+,21?,22+,23+,24-,25-,27+,28+/m0/s1. The van der Waals surface area contributed by atoms with Gasteiger partial charge in [-0.1, -0.05) is 6.92 Å². The van der Waals surface area contributed by atoms with Gasteiger partial charge in [-0.2, -0.15) is 0 Å². The zero-order valence-electron chi connectivity index (χ0n) is 27.3. The Morgan fingerprint density at radius 1 is 0.820 bits per heavy atom. The molecule has 4 aliphatic rings. The van der Waals surface area contributed by atoms with Crippen LogP contribution in [-0.4, -0.2) is 210 Å². The number of hydrogen-bond acceptors (Lipinski definition) is 21. The van der Waals surface area contributed by atoms with Crippen LogP contribution in [0.5, 0.6) is 0 Å². The number of ether oxygens (including phenoxy) is 8. The van der Waals surface area contributed by atoms with Crippen LogP contribution in [0.2, 0.25) is 0 Å². The monoisotopic (exact) mass is 735 g/mol. The summed E-state index contributed by atoms with van der Waals surface area (Å²) in [6.07, 6.45) is -27.9. The number of methoxy groups -OCH3 is 1. The number of carbonyl (C=O) groups is 1. The Kier molecular flexibility index (Phi) is 13.6. The Balaban J connectivity index is 1.67. The third kappa shape index (κ3) is 7.67. The number of aliphatic hydroxyl groups is 11. The predicted octanol–water partition coefficient (Wildman–Crippen LogP) is -7.66. The maximum absolute atomic E-state index is 12.6. The normalized spacial score (nSPS) is 50.9. The van der Waals surface area contributed by atoms with Crippen LogP contribution in [-0.2, 0) is 42.7 Å². The molecule has 0 aliphatic carbocycles. The number of carboxylic acids is 1. The molecule has 4 fully saturated rings. The highest BCUT2D eigenvalue weighted by molar-refractivity contribution is 5.76. The smallest absolute Gasteiger partial charge is 0.364 e. The third-order valence-electron chi connectivity index (χ3n) is 9.57. The van der Waals surface area contributed by atoms with E-state index in [-0.39, 0.29) is 0 Å². The van der Waals surface area contributed by atoms with Crippen molar-refractivity contribution in [2.24, 2.45) is 11.7 Å². The van der Waals surface area contributed by atoms with Crippen LogP contribution in [0.4, 0.5) is 0 Å². The van der Waals surface area contributed by atoms with E-state index in [2.05, 4.69) is 0 Å². The Bertz CT molecular complexity index is 1130. The molecule has 4 heterocycles. The van der Waals surface area contributed by atoms with E-state index in [9.17, 15) is 66.1 Å². The molecule has 14 N–H and O–H groups in total. The van der Waals surface area contributed by atoms with Crippen LogP contribution in [0.25, 0.3) is 0 Å². The van der Waals surface area contributed by atoms with Crippen LogP contribution in [0.3, 0.4) is 0 Å². The largest absolute Gasteiger partial charge is 0.477 e. The first-order valence-electron chi connectivity index (χ1n) is 15.9. The first kappa shape index (κ1) is 41.4. The van der Waals surface area contributed by atoms with Gasteiger partial charge < -0.3 is 105 Å². The summed E-state index contributed by atoms with van der Waals surface area (Å²) in [6, 6.07) is -1.87. The molecule has 50 heavy (non-hydrogen) atoms. The van der Waals surface area contributed by atoms with Crippen molar-refractivity contribution in [2.75, 3.05) is 26.9 Å². The molecule has 4 aliphatic heterocycles. The summed E-state index contributed by atoms with van der Waals surface area (Å²) < 4.78 is 45.2. The van der Waals surface area contributed by atoms with E-state index in [4.69, 9.17) is 43.6 Å². The van der Waals surface area contributed by atoms with Gasteiger partial charge in [0, 0.05) is 19.4 Å². The third-order valence-corrected chi connectivity index (χ3v) is 9.57. The number of rotatable bonds is 12. The lowest BCUT2D eigenvalue weighted by atomic mass is 9.87. The minimum atomic E-state index is -3.15. The maximum Gasteiger partial charge on any atom is 0.364 e. The molecule has 4 rings (SSSR count). The van der Waals surface area contributed by atoms with Gasteiger partial charge >= 0.3 is 5.97 Å². The van der Waals surface area contributed by atoms with Gasteiger partial charge in [0.05, 0.1) is 44.2 Å². The van der Waals surface area contributed by atoms with Crippen LogP contribution < -0.4 is 5.73 Å². The van der Waals surface area contributed by atoms with Gasteiger partial charge in [0.1, 0.15) is 61.0 Å². The van der Waals surface area contributed by atoms with E-state index in [1.54, 1.807) is 0 Å². The van der Waals surface area contributed by atoms with Crippen molar-refractivity contribution >= 4 is 5.97 Å². The van der Waals surface area contributed by atoms with Crippen molar-refractivity contribution in [3.8, 4) is 0 Å². The molecule has 0 saturated carbocycles. The lowest BCUT2D eigenvalue weighted by Gasteiger charge is -2.52. The Morgan fingerprint density at radius 2 is 1.40 bits per heavy atom. The van der Waals surface area contributed by atoms with Crippen molar-refractivity contribution in [3.63, 3.8) is 0 Å². The molecule has 4 saturated heterocycles. The molecule has 0 aromatic rings. The number of aliphatic hydroxyl groups excluding tert-OH is 10. The second kappa shape index (κ2) is 16.4. The average molecular weight is 736 g/mol. The van der Waals surface area contributed by atoms with Crippen molar-refractivity contribution in [1.82, 2.24) is 0 Å². The molecule has 0 amide bonds. The first-order valence-corrected chi connectivity index (χ1v) is 15.9. The summed E-state index contributed by atoms with van der Waals surface area (Å²) in [4.78, 5) is 12.6. The fourth-order valence-electron chi connectivity index (χ4n) is 6.51. The van der Waals surface area contributed by atoms with E-state index in [0.717, 1.165) is 0 Å². The number of aliphatic carboxylic acids is 1. The quantitative estimate of drug-likeness (QED) is 0.0885. The van der Waals surface area contributed by atoms with Crippen LogP contribution in [0.15, 0.2) is 0 Å². The van der Waals surface area contributed by atoms with E-state index < -0.39 is 154 Å². The van der Waals surface area contributed by atoms with Gasteiger partial charge in [0.15, 0.2) is 18.9 Å². The fraction of sp³-hybridized carbons (Fsp3) is 0.964. The molecule has 6 unspecified atom stereocenters. The molecule has 0 radical (unpaired) electrons. The van der Waals surface area contributed by atoms with Crippen LogP contribution in [0, 0.1) is 5.92 Å². The van der Waals surface area contributed by atoms with Crippen LogP contribution in [0.1, 0.15) is 20.3 Å². The fourth-order valence-corrected chi connectivity index (χ4v) is 6.51. The summed E-state index contributed by atoms with van der Waals surface area (Å²) in [5.41, 5.74) is 5.76. The number of nitrogens with two attached hydrogens (primary N) is 1. The van der Waals surface area contributed by atoms with E-state index in [1.807, 2.05) is 0 Å². The van der Waals surface area contributed by atoms with Gasteiger partial charge in [-0.3, -0.25) is 0 Å². The SMILES string of the molecule is CO[C@@H]1OC(CO)[C@@H](O[C@@H]2O[C@@H](C)[C@@H](O)C(O)C2O)C(O[C@@H]2O[C@@H](CO)[C@H](O)C(O[C@]3(C(=O)O)C[C@@H](O)[C@@H](N)[C@@](O)([C@H](O)CO)O3)C2O)[C@@H]1C. The highest BCUT2D eigenvalue weighted by atomic mass is 16.8. The molecule has 292 valence electrons. The Labute approximate surface area is 285 Å². The van der Waals surface area contributed by atoms with E-state index in [0.29, 0.717) is 0 Å². The van der Waals surface area contributed by atoms with Gasteiger partial charge in [-0.25, -0.2) is 4.79 Å². The van der Waals surface area contributed by atoms with Crippen LogP contribution >= 0.6 is 0 Å². The number of carboxylic acid groups (broad SMARTS) is 1. The highest BCUT2D eigenvalue weighted by Crippen LogP contribution is 2.41. The van der Waals surface area contributed by atoms with Crippen molar-refractivity contribution in [1.29, 1.82) is 0 Å². The topological polar surface area (TPSA) is 360 Å². The molecular formula is C28H49NO21. The Morgan fingerprint density at radius 3 is 1.96 bits per heavy atom. The highest BCUT2D eigenvalue weighted by Gasteiger charge is 2.64. The van der Waals surface area contributed by atoms with Gasteiger partial charge in [-0.15, -0.1) is 0 Å². The Hall–Kier alpha value is -1.33. The molecular weight excluding hydrogens is 686 g/mol. The summed E-state index contributed by atoms with van der Waals surface area (Å²) in [5.74, 6) is -9.16. The molecule has 0 bridgehead atoms. The van der Waals surface area contributed by atoms with Crippen molar-refractivity contribution in [3.05, 3.63) is 0 Å². The van der Waals surface area contributed by atoms with E-state index >= 15 is 0 Å². The zero-order valence-corrected chi connectivity index (χ0v) is 27.3. The minimum Gasteiger partial charge on any atom is -0.477 e. The van der Waals surface area contributed by atoms with Gasteiger partial charge in [-0.05, 0) is 6.92 Å². The van der Waals surface area contributed by atoms with Crippen molar-refractivity contribution in [2.45, 2.75) is 136 Å².